The smallest absolute Gasteiger partial charge is 0.121 e. The average molecular weight is 241 g/mol. The largest absolute Gasteiger partial charge is 0.384 e. The van der Waals surface area contributed by atoms with Gasteiger partial charge in [-0.05, 0) is 6.07 Å². The van der Waals surface area contributed by atoms with Gasteiger partial charge >= 0.3 is 0 Å². The van der Waals surface area contributed by atoms with Gasteiger partial charge in [0, 0.05) is 31.1 Å². The van der Waals surface area contributed by atoms with Crippen LogP contribution in [-0.4, -0.2) is 20.0 Å². The molecule has 0 aliphatic rings. The maximum atomic E-state index is 5.68. The van der Waals surface area contributed by atoms with E-state index in [1.54, 1.807) is 17.1 Å². The Labute approximate surface area is 105 Å². The molecule has 0 fully saturated rings. The zero-order valence-electron chi connectivity index (χ0n) is 10.1. The van der Waals surface area contributed by atoms with Crippen LogP contribution >= 0.6 is 0 Å². The zero-order chi connectivity index (χ0) is 12.8. The van der Waals surface area contributed by atoms with Gasteiger partial charge in [0.15, 0.2) is 0 Å². The van der Waals surface area contributed by atoms with Crippen LogP contribution in [0.4, 0.5) is 5.82 Å². The number of nitrogens with one attached hydrogen (secondary N) is 1. The summed E-state index contributed by atoms with van der Waals surface area (Å²) < 4.78 is 1.67. The molecule has 0 amide bonds. The van der Waals surface area contributed by atoms with Gasteiger partial charge in [0.1, 0.15) is 5.82 Å². The first kappa shape index (κ1) is 11.9. The summed E-state index contributed by atoms with van der Waals surface area (Å²) in [5.74, 6) is 0.679. The quantitative estimate of drug-likeness (QED) is 0.685. The van der Waals surface area contributed by atoms with E-state index in [2.05, 4.69) is 15.3 Å². The monoisotopic (exact) mass is 241 g/mol. The van der Waals surface area contributed by atoms with Crippen molar-refractivity contribution in [3.63, 3.8) is 0 Å². The van der Waals surface area contributed by atoms with Crippen LogP contribution in [0.5, 0.6) is 0 Å². The van der Waals surface area contributed by atoms with Crippen molar-refractivity contribution < 1.29 is 0 Å². The van der Waals surface area contributed by atoms with E-state index in [1.807, 2.05) is 49.5 Å². The second-order valence-electron chi connectivity index (χ2n) is 3.71. The molecule has 0 saturated heterocycles. The van der Waals surface area contributed by atoms with Gasteiger partial charge in [-0.3, -0.25) is 9.78 Å². The highest BCUT2D eigenvalue weighted by Crippen LogP contribution is 2.18. The van der Waals surface area contributed by atoms with Crippen LogP contribution in [0.15, 0.2) is 54.9 Å². The third-order valence-corrected chi connectivity index (χ3v) is 2.39. The van der Waals surface area contributed by atoms with Crippen LogP contribution in [0.1, 0.15) is 0 Å². The van der Waals surface area contributed by atoms with Crippen molar-refractivity contribution >= 4 is 5.82 Å². The highest BCUT2D eigenvalue weighted by atomic mass is 15.3. The van der Waals surface area contributed by atoms with E-state index in [1.165, 1.54) is 0 Å². The van der Waals surface area contributed by atoms with Crippen molar-refractivity contribution in [2.45, 2.75) is 0 Å². The Morgan fingerprint density at radius 1 is 1.17 bits per heavy atom. The molecular formula is C13H15N5. The lowest BCUT2D eigenvalue weighted by atomic mass is 10.2. The summed E-state index contributed by atoms with van der Waals surface area (Å²) in [6.45, 7) is 0. The van der Waals surface area contributed by atoms with E-state index in [0.29, 0.717) is 5.82 Å². The Bertz CT molecular complexity index is 532. The number of anilines is 1. The number of H-pyrrole nitrogens is 1. The van der Waals surface area contributed by atoms with Crippen LogP contribution in [0.2, 0.25) is 0 Å². The van der Waals surface area contributed by atoms with Crippen LogP contribution in [0.3, 0.4) is 0 Å². The molecule has 5 nitrogen and oxygen atoms in total. The van der Waals surface area contributed by atoms with Crippen LogP contribution in [0.25, 0.3) is 11.3 Å². The van der Waals surface area contributed by atoms with Crippen LogP contribution in [-0.2, 0) is 7.05 Å². The number of aromatic nitrogens is 4. The molecule has 0 atom stereocenters. The molecule has 0 bridgehead atoms. The van der Waals surface area contributed by atoms with Gasteiger partial charge in [-0.2, -0.15) is 10.2 Å². The Morgan fingerprint density at radius 2 is 1.94 bits per heavy atom. The minimum atomic E-state index is 0.679. The first-order valence-electron chi connectivity index (χ1n) is 5.56. The molecular weight excluding hydrogens is 226 g/mol. The normalized spacial score (nSPS) is 9.61. The minimum Gasteiger partial charge on any atom is -0.384 e. The summed E-state index contributed by atoms with van der Waals surface area (Å²) in [6.07, 6.45) is 3.46. The van der Waals surface area contributed by atoms with E-state index >= 15 is 0 Å². The molecule has 0 aliphatic heterocycles. The fourth-order valence-corrected chi connectivity index (χ4v) is 1.45. The summed E-state index contributed by atoms with van der Waals surface area (Å²) in [4.78, 5) is 0. The van der Waals surface area contributed by atoms with Gasteiger partial charge in [-0.25, -0.2) is 0 Å². The summed E-state index contributed by atoms with van der Waals surface area (Å²) in [6, 6.07) is 13.7. The van der Waals surface area contributed by atoms with E-state index in [0.717, 1.165) is 11.3 Å². The van der Waals surface area contributed by atoms with Gasteiger partial charge in [0.05, 0.1) is 5.69 Å². The van der Waals surface area contributed by atoms with Crippen LogP contribution < -0.4 is 5.73 Å². The molecule has 0 radical (unpaired) electrons. The lowest BCUT2D eigenvalue weighted by molar-refractivity contribution is 0.782. The lowest BCUT2D eigenvalue weighted by Gasteiger charge is -1.93. The number of aryl methyl sites for hydroxylation is 1. The lowest BCUT2D eigenvalue weighted by Crippen LogP contribution is -1.96. The molecule has 0 spiro atoms. The SMILES string of the molecule is Cn1nc(-c2ccccc2)cc1N.c1cn[nH]c1. The molecule has 3 aromatic rings. The zero-order valence-corrected chi connectivity index (χ0v) is 10.1. The third kappa shape index (κ3) is 2.98. The molecule has 92 valence electrons. The summed E-state index contributed by atoms with van der Waals surface area (Å²) in [7, 11) is 1.84. The Balaban J connectivity index is 0.000000202. The maximum absolute atomic E-state index is 5.68. The van der Waals surface area contributed by atoms with Gasteiger partial charge in [0.25, 0.3) is 0 Å². The number of hydrogen-bond donors (Lipinski definition) is 2. The van der Waals surface area contributed by atoms with E-state index in [9.17, 15) is 0 Å². The molecule has 5 heteroatoms. The summed E-state index contributed by atoms with van der Waals surface area (Å²) >= 11 is 0. The fourth-order valence-electron chi connectivity index (χ4n) is 1.45. The van der Waals surface area contributed by atoms with E-state index in [-0.39, 0.29) is 0 Å². The number of nitrogens with two attached hydrogens (primary N) is 1. The van der Waals surface area contributed by atoms with Crippen LogP contribution in [0, 0.1) is 0 Å². The van der Waals surface area contributed by atoms with Gasteiger partial charge in [-0.1, -0.05) is 30.3 Å². The highest BCUT2D eigenvalue weighted by Gasteiger charge is 2.02. The predicted octanol–water partition coefficient (Wildman–Crippen LogP) is 2.08. The second kappa shape index (κ2) is 5.67. The number of nitrogen functional groups attached to an aromatic ring is 1. The molecule has 0 saturated carbocycles. The van der Waals surface area contributed by atoms with Gasteiger partial charge in [0.2, 0.25) is 0 Å². The van der Waals surface area contributed by atoms with Gasteiger partial charge in [-0.15, -0.1) is 0 Å². The Hall–Kier alpha value is -2.56. The molecule has 2 aromatic heterocycles. The summed E-state index contributed by atoms with van der Waals surface area (Å²) in [5.41, 5.74) is 7.69. The Kier molecular flexibility index (Phi) is 3.76. The van der Waals surface area contributed by atoms with Crippen molar-refractivity contribution in [1.82, 2.24) is 20.0 Å². The maximum Gasteiger partial charge on any atom is 0.121 e. The number of benzene rings is 1. The van der Waals surface area contributed by atoms with Crippen molar-refractivity contribution in [1.29, 1.82) is 0 Å². The average Bonchev–Trinajstić information content (AvgIpc) is 3.05. The van der Waals surface area contributed by atoms with E-state index < -0.39 is 0 Å². The molecule has 3 N–H and O–H groups in total. The minimum absolute atomic E-state index is 0.679. The van der Waals surface area contributed by atoms with Crippen molar-refractivity contribution in [3.8, 4) is 11.3 Å². The van der Waals surface area contributed by atoms with Gasteiger partial charge < -0.3 is 5.73 Å². The second-order valence-corrected chi connectivity index (χ2v) is 3.71. The predicted molar refractivity (Wildman–Crippen MR) is 71.6 cm³/mol. The van der Waals surface area contributed by atoms with E-state index in [4.69, 9.17) is 5.73 Å². The van der Waals surface area contributed by atoms with Crippen molar-refractivity contribution in [2.75, 3.05) is 5.73 Å². The van der Waals surface area contributed by atoms with Crippen molar-refractivity contribution in [2.24, 2.45) is 7.05 Å². The topological polar surface area (TPSA) is 72.5 Å². The fraction of sp³-hybridized carbons (Fsp3) is 0.0769. The number of nitrogens with zero attached hydrogens (tertiary/aromatic N) is 3. The first-order valence-corrected chi connectivity index (χ1v) is 5.56. The standard InChI is InChI=1S/C10H11N3.C3H4N2/c1-13-10(11)7-9(12-13)8-5-3-2-4-6-8;1-2-4-5-3-1/h2-7H,11H2,1H3;1-3H,(H,4,5). The third-order valence-electron chi connectivity index (χ3n) is 2.39. The molecule has 18 heavy (non-hydrogen) atoms. The number of aromatic amines is 1. The molecule has 3 rings (SSSR count). The highest BCUT2D eigenvalue weighted by molar-refractivity contribution is 5.61. The molecule has 2 heterocycles. The number of rotatable bonds is 1. The summed E-state index contributed by atoms with van der Waals surface area (Å²) in [5, 5.41) is 10.5. The Morgan fingerprint density at radius 3 is 2.39 bits per heavy atom. The first-order chi connectivity index (χ1) is 8.77. The molecule has 1 aromatic carbocycles. The molecule has 0 unspecified atom stereocenters. The van der Waals surface area contributed by atoms with Crippen molar-refractivity contribution in [3.05, 3.63) is 54.9 Å². The number of hydrogen-bond acceptors (Lipinski definition) is 3. The molecule has 0 aliphatic carbocycles.